The van der Waals surface area contributed by atoms with E-state index in [9.17, 15) is 4.79 Å². The van der Waals surface area contributed by atoms with Gasteiger partial charge in [0.2, 0.25) is 0 Å². The number of methoxy groups -OCH3 is 1. The maximum Gasteiger partial charge on any atom is 0.280 e. The Balaban J connectivity index is 2.00. The van der Waals surface area contributed by atoms with Crippen LogP contribution in [0.2, 0.25) is 10.0 Å². The molecule has 0 bridgehead atoms. The second kappa shape index (κ2) is 8.74. The van der Waals surface area contributed by atoms with Crippen molar-refractivity contribution in [1.82, 2.24) is 5.43 Å². The lowest BCUT2D eigenvalue weighted by atomic mass is 10.1. The van der Waals surface area contributed by atoms with Crippen molar-refractivity contribution in [2.75, 3.05) is 7.11 Å². The van der Waals surface area contributed by atoms with Gasteiger partial charge in [-0.25, -0.2) is 5.43 Å². The zero-order chi connectivity index (χ0) is 18.4. The Kier molecular flexibility index (Phi) is 6.67. The minimum absolute atomic E-state index is 0.336. The van der Waals surface area contributed by atoms with Gasteiger partial charge in [-0.2, -0.15) is 5.10 Å². The number of hydrogen-bond acceptors (Lipinski definition) is 4. The van der Waals surface area contributed by atoms with Gasteiger partial charge in [0.1, 0.15) is 11.5 Å². The van der Waals surface area contributed by atoms with Crippen LogP contribution in [0.3, 0.4) is 0 Å². The SMILES string of the molecule is COc1cccc(/C(C)=N/NC(=O)C(C)Oc2ccc(Cl)cc2Cl)c1. The topological polar surface area (TPSA) is 59.9 Å². The summed E-state index contributed by atoms with van der Waals surface area (Å²) in [5, 5.41) is 4.93. The third kappa shape index (κ3) is 5.37. The van der Waals surface area contributed by atoms with Crippen LogP contribution in [0.1, 0.15) is 19.4 Å². The van der Waals surface area contributed by atoms with Crippen molar-refractivity contribution in [3.63, 3.8) is 0 Å². The Labute approximate surface area is 156 Å². The second-order valence-corrected chi connectivity index (χ2v) is 6.08. The van der Waals surface area contributed by atoms with Crippen LogP contribution in [0.25, 0.3) is 0 Å². The molecule has 0 saturated carbocycles. The fourth-order valence-corrected chi connectivity index (χ4v) is 2.41. The van der Waals surface area contributed by atoms with Crippen LogP contribution in [-0.2, 0) is 4.79 Å². The summed E-state index contributed by atoms with van der Waals surface area (Å²) < 4.78 is 10.7. The molecule has 0 aliphatic rings. The van der Waals surface area contributed by atoms with Gasteiger partial charge in [0.05, 0.1) is 17.8 Å². The molecule has 0 heterocycles. The van der Waals surface area contributed by atoms with Gasteiger partial charge in [0.15, 0.2) is 6.10 Å². The van der Waals surface area contributed by atoms with Gasteiger partial charge in [0, 0.05) is 10.6 Å². The summed E-state index contributed by atoms with van der Waals surface area (Å²) in [7, 11) is 1.59. The predicted molar refractivity (Wildman–Crippen MR) is 99.9 cm³/mol. The second-order valence-electron chi connectivity index (χ2n) is 5.24. The summed E-state index contributed by atoms with van der Waals surface area (Å²) in [6, 6.07) is 12.2. The zero-order valence-electron chi connectivity index (χ0n) is 14.0. The van der Waals surface area contributed by atoms with Crippen LogP contribution in [0.15, 0.2) is 47.6 Å². The number of carbonyl (C=O) groups is 1. The molecule has 1 atom stereocenters. The van der Waals surface area contributed by atoms with E-state index in [0.29, 0.717) is 27.3 Å². The highest BCUT2D eigenvalue weighted by Gasteiger charge is 2.16. The molecule has 0 aliphatic carbocycles. The third-order valence-electron chi connectivity index (χ3n) is 3.39. The minimum atomic E-state index is -0.777. The van der Waals surface area contributed by atoms with Gasteiger partial charge < -0.3 is 9.47 Å². The molecular weight excluding hydrogens is 363 g/mol. The number of hydrazone groups is 1. The summed E-state index contributed by atoms with van der Waals surface area (Å²) in [4.78, 5) is 12.1. The highest BCUT2D eigenvalue weighted by molar-refractivity contribution is 6.35. The van der Waals surface area contributed by atoms with Gasteiger partial charge in [0.25, 0.3) is 5.91 Å². The monoisotopic (exact) mass is 380 g/mol. The minimum Gasteiger partial charge on any atom is -0.497 e. The average molecular weight is 381 g/mol. The highest BCUT2D eigenvalue weighted by Crippen LogP contribution is 2.28. The number of rotatable bonds is 6. The van der Waals surface area contributed by atoms with Crippen molar-refractivity contribution >= 4 is 34.8 Å². The summed E-state index contributed by atoms with van der Waals surface area (Å²) >= 11 is 11.9. The van der Waals surface area contributed by atoms with E-state index in [0.717, 1.165) is 5.56 Å². The molecule has 0 aliphatic heterocycles. The van der Waals surface area contributed by atoms with E-state index in [1.54, 1.807) is 39.2 Å². The molecule has 1 unspecified atom stereocenters. The number of nitrogens with zero attached hydrogens (tertiary/aromatic N) is 1. The molecule has 0 spiro atoms. The Morgan fingerprint density at radius 3 is 2.64 bits per heavy atom. The van der Waals surface area contributed by atoms with Gasteiger partial charge in [-0.1, -0.05) is 35.3 Å². The molecule has 2 aromatic carbocycles. The first kappa shape index (κ1) is 19.1. The molecule has 2 rings (SSSR count). The van der Waals surface area contributed by atoms with Gasteiger partial charge in [-0.05, 0) is 44.2 Å². The number of ether oxygens (including phenoxy) is 2. The summed E-state index contributed by atoms with van der Waals surface area (Å²) in [6.45, 7) is 3.40. The predicted octanol–water partition coefficient (Wildman–Crippen LogP) is 4.31. The van der Waals surface area contributed by atoms with Crippen LogP contribution in [-0.4, -0.2) is 24.8 Å². The van der Waals surface area contributed by atoms with Crippen molar-refractivity contribution in [2.45, 2.75) is 20.0 Å². The van der Waals surface area contributed by atoms with Gasteiger partial charge in [-0.15, -0.1) is 0 Å². The Morgan fingerprint density at radius 1 is 1.20 bits per heavy atom. The van der Waals surface area contributed by atoms with Crippen LogP contribution < -0.4 is 14.9 Å². The largest absolute Gasteiger partial charge is 0.497 e. The van der Waals surface area contributed by atoms with E-state index in [2.05, 4.69) is 10.5 Å². The maximum absolute atomic E-state index is 12.1. The normalized spacial score (nSPS) is 12.4. The first-order chi connectivity index (χ1) is 11.9. The van der Waals surface area contributed by atoms with E-state index in [-0.39, 0.29) is 0 Å². The first-order valence-corrected chi connectivity index (χ1v) is 8.26. The first-order valence-electron chi connectivity index (χ1n) is 7.51. The average Bonchev–Trinajstić information content (AvgIpc) is 2.61. The Hall–Kier alpha value is -2.24. The van der Waals surface area contributed by atoms with E-state index in [4.69, 9.17) is 32.7 Å². The number of benzene rings is 2. The molecule has 1 N–H and O–H groups in total. The van der Waals surface area contributed by atoms with Crippen molar-refractivity contribution in [1.29, 1.82) is 0 Å². The standard InChI is InChI=1S/C18H18Cl2N2O3/c1-11(13-5-4-6-15(9-13)24-3)21-22-18(23)12(2)25-17-8-7-14(19)10-16(17)20/h4-10,12H,1-3H3,(H,22,23)/b21-11+. The molecule has 7 heteroatoms. The van der Waals surface area contributed by atoms with Crippen molar-refractivity contribution in [3.05, 3.63) is 58.1 Å². The van der Waals surface area contributed by atoms with Crippen LogP contribution >= 0.6 is 23.2 Å². The number of carbonyl (C=O) groups excluding carboxylic acids is 1. The van der Waals surface area contributed by atoms with Crippen LogP contribution in [0.5, 0.6) is 11.5 Å². The van der Waals surface area contributed by atoms with Gasteiger partial charge >= 0.3 is 0 Å². The number of halogens is 2. The lowest BCUT2D eigenvalue weighted by Crippen LogP contribution is -2.34. The quantitative estimate of drug-likeness (QED) is 0.599. The molecule has 0 fully saturated rings. The fourth-order valence-electron chi connectivity index (χ4n) is 1.96. The lowest BCUT2D eigenvalue weighted by molar-refractivity contribution is -0.127. The third-order valence-corrected chi connectivity index (χ3v) is 3.92. The van der Waals surface area contributed by atoms with Crippen molar-refractivity contribution in [3.8, 4) is 11.5 Å². The lowest BCUT2D eigenvalue weighted by Gasteiger charge is -2.14. The summed E-state index contributed by atoms with van der Waals surface area (Å²) in [5.74, 6) is 0.697. The molecule has 2 aromatic rings. The maximum atomic E-state index is 12.1. The Bertz CT molecular complexity index is 794. The number of amides is 1. The van der Waals surface area contributed by atoms with Crippen molar-refractivity contribution in [2.24, 2.45) is 5.10 Å². The van der Waals surface area contributed by atoms with Gasteiger partial charge in [-0.3, -0.25) is 4.79 Å². The van der Waals surface area contributed by atoms with Crippen LogP contribution in [0, 0.1) is 0 Å². The highest BCUT2D eigenvalue weighted by atomic mass is 35.5. The molecule has 5 nitrogen and oxygen atoms in total. The molecule has 25 heavy (non-hydrogen) atoms. The van der Waals surface area contributed by atoms with E-state index in [1.807, 2.05) is 24.3 Å². The fraction of sp³-hybridized carbons (Fsp3) is 0.222. The summed E-state index contributed by atoms with van der Waals surface area (Å²) in [6.07, 6.45) is -0.777. The summed E-state index contributed by atoms with van der Waals surface area (Å²) in [5.41, 5.74) is 3.97. The van der Waals surface area contributed by atoms with Crippen molar-refractivity contribution < 1.29 is 14.3 Å². The van der Waals surface area contributed by atoms with E-state index in [1.165, 1.54) is 0 Å². The zero-order valence-corrected chi connectivity index (χ0v) is 15.6. The molecule has 1 amide bonds. The number of hydrogen-bond donors (Lipinski definition) is 1. The number of nitrogens with one attached hydrogen (secondary N) is 1. The molecular formula is C18H18Cl2N2O3. The van der Waals surface area contributed by atoms with E-state index < -0.39 is 12.0 Å². The molecule has 0 radical (unpaired) electrons. The molecule has 0 aromatic heterocycles. The Morgan fingerprint density at radius 2 is 1.96 bits per heavy atom. The van der Waals surface area contributed by atoms with E-state index >= 15 is 0 Å². The molecule has 132 valence electrons. The molecule has 0 saturated heterocycles. The smallest absolute Gasteiger partial charge is 0.280 e. The van der Waals surface area contributed by atoms with Crippen LogP contribution in [0.4, 0.5) is 0 Å².